The van der Waals surface area contributed by atoms with E-state index in [0.29, 0.717) is 5.02 Å². The lowest BCUT2D eigenvalue weighted by Gasteiger charge is -2.08. The number of benzene rings is 1. The van der Waals surface area contributed by atoms with E-state index < -0.39 is 23.1 Å². The van der Waals surface area contributed by atoms with E-state index in [1.165, 1.54) is 31.3 Å². The van der Waals surface area contributed by atoms with Crippen LogP contribution in [0.15, 0.2) is 30.5 Å². The van der Waals surface area contributed by atoms with Crippen LogP contribution in [-0.2, 0) is 0 Å². The standard InChI is InChI=1S/C13H9ClF2N2O/c1-7-2-3-9(15)11(12(7)16)13(19)18-10-6-8(14)4-5-17-10/h2-6H,1H3,(H,17,18,19). The molecule has 0 bridgehead atoms. The minimum absolute atomic E-state index is 0.123. The maximum absolute atomic E-state index is 13.7. The summed E-state index contributed by atoms with van der Waals surface area (Å²) in [7, 11) is 0. The largest absolute Gasteiger partial charge is 0.306 e. The Morgan fingerprint density at radius 3 is 2.74 bits per heavy atom. The number of rotatable bonds is 2. The van der Waals surface area contributed by atoms with Gasteiger partial charge in [-0.25, -0.2) is 13.8 Å². The zero-order valence-electron chi connectivity index (χ0n) is 9.88. The van der Waals surface area contributed by atoms with E-state index in [9.17, 15) is 13.6 Å². The molecular formula is C13H9ClF2N2O. The number of nitrogens with one attached hydrogen (secondary N) is 1. The van der Waals surface area contributed by atoms with Gasteiger partial charge in [0.2, 0.25) is 0 Å². The lowest BCUT2D eigenvalue weighted by molar-refractivity contribution is 0.101. The zero-order valence-corrected chi connectivity index (χ0v) is 10.6. The van der Waals surface area contributed by atoms with Gasteiger partial charge in [-0.1, -0.05) is 17.7 Å². The molecule has 0 radical (unpaired) electrons. The third-order valence-corrected chi connectivity index (χ3v) is 2.71. The third kappa shape index (κ3) is 2.88. The molecule has 1 amide bonds. The molecule has 0 unspecified atom stereocenters. The number of carbonyl (C=O) groups excluding carboxylic acids is 1. The SMILES string of the molecule is Cc1ccc(F)c(C(=O)Nc2cc(Cl)ccn2)c1F. The molecule has 2 aromatic rings. The Kier molecular flexibility index (Phi) is 3.76. The number of hydrogen-bond donors (Lipinski definition) is 1. The number of anilines is 1. The van der Waals surface area contributed by atoms with Crippen LogP contribution in [0.3, 0.4) is 0 Å². The summed E-state index contributed by atoms with van der Waals surface area (Å²) in [5, 5.41) is 2.65. The second-order valence-electron chi connectivity index (χ2n) is 3.87. The van der Waals surface area contributed by atoms with Crippen molar-refractivity contribution in [1.29, 1.82) is 0 Å². The highest BCUT2D eigenvalue weighted by molar-refractivity contribution is 6.30. The highest BCUT2D eigenvalue weighted by Crippen LogP contribution is 2.18. The average Bonchev–Trinajstić information content (AvgIpc) is 2.34. The summed E-state index contributed by atoms with van der Waals surface area (Å²) in [6.45, 7) is 1.45. The lowest BCUT2D eigenvalue weighted by atomic mass is 10.1. The van der Waals surface area contributed by atoms with Gasteiger partial charge in [-0.2, -0.15) is 0 Å². The summed E-state index contributed by atoms with van der Waals surface area (Å²) < 4.78 is 27.3. The fourth-order valence-electron chi connectivity index (χ4n) is 1.52. The topological polar surface area (TPSA) is 42.0 Å². The number of aromatic nitrogens is 1. The maximum Gasteiger partial charge on any atom is 0.262 e. The predicted octanol–water partition coefficient (Wildman–Crippen LogP) is 3.57. The van der Waals surface area contributed by atoms with Gasteiger partial charge >= 0.3 is 0 Å². The number of nitrogens with zero attached hydrogens (tertiary/aromatic N) is 1. The first-order valence-corrected chi connectivity index (χ1v) is 5.74. The number of halogens is 3. The van der Waals surface area contributed by atoms with Gasteiger partial charge in [0.05, 0.1) is 0 Å². The highest BCUT2D eigenvalue weighted by Gasteiger charge is 2.19. The molecule has 0 aliphatic rings. The molecule has 19 heavy (non-hydrogen) atoms. The first kappa shape index (κ1) is 13.4. The van der Waals surface area contributed by atoms with Gasteiger partial charge in [0.15, 0.2) is 0 Å². The molecule has 0 saturated heterocycles. The Bertz CT molecular complexity index is 647. The molecular weight excluding hydrogens is 274 g/mol. The molecule has 2 rings (SSSR count). The fraction of sp³-hybridized carbons (Fsp3) is 0.0769. The monoisotopic (exact) mass is 282 g/mol. The van der Waals surface area contributed by atoms with Crippen molar-refractivity contribution >= 4 is 23.3 Å². The van der Waals surface area contributed by atoms with Crippen molar-refractivity contribution in [2.45, 2.75) is 6.92 Å². The normalized spacial score (nSPS) is 10.3. The highest BCUT2D eigenvalue weighted by atomic mass is 35.5. The lowest BCUT2D eigenvalue weighted by Crippen LogP contribution is -2.17. The van der Waals surface area contributed by atoms with Gasteiger partial charge in [0.25, 0.3) is 5.91 Å². The zero-order chi connectivity index (χ0) is 14.0. The van der Waals surface area contributed by atoms with Gasteiger partial charge in [-0.3, -0.25) is 4.79 Å². The minimum atomic E-state index is -0.928. The summed E-state index contributed by atoms with van der Waals surface area (Å²) in [5.74, 6) is -2.60. The Hall–Kier alpha value is -2.01. The summed E-state index contributed by atoms with van der Waals surface area (Å²) in [6.07, 6.45) is 1.38. The number of aryl methyl sites for hydroxylation is 1. The van der Waals surface area contributed by atoms with Gasteiger partial charge in [0.1, 0.15) is 23.0 Å². The van der Waals surface area contributed by atoms with E-state index in [1.54, 1.807) is 0 Å². The van der Waals surface area contributed by atoms with Crippen LogP contribution in [0.1, 0.15) is 15.9 Å². The molecule has 1 heterocycles. The molecule has 0 saturated carbocycles. The van der Waals surface area contributed by atoms with Crippen LogP contribution >= 0.6 is 11.6 Å². The summed E-state index contributed by atoms with van der Waals surface area (Å²) in [4.78, 5) is 15.7. The molecule has 6 heteroatoms. The number of hydrogen-bond acceptors (Lipinski definition) is 2. The van der Waals surface area contributed by atoms with Crippen molar-refractivity contribution in [3.63, 3.8) is 0 Å². The van der Waals surface area contributed by atoms with Gasteiger partial charge in [0, 0.05) is 11.2 Å². The quantitative estimate of drug-likeness (QED) is 0.915. The van der Waals surface area contributed by atoms with Crippen molar-refractivity contribution in [1.82, 2.24) is 4.98 Å². The Balaban J connectivity index is 2.33. The van der Waals surface area contributed by atoms with E-state index in [2.05, 4.69) is 10.3 Å². The van der Waals surface area contributed by atoms with E-state index >= 15 is 0 Å². The van der Waals surface area contributed by atoms with Crippen LogP contribution in [0.4, 0.5) is 14.6 Å². The van der Waals surface area contributed by atoms with Crippen LogP contribution < -0.4 is 5.32 Å². The summed E-state index contributed by atoms with van der Waals surface area (Å²) in [6, 6.07) is 5.20. The van der Waals surface area contributed by atoms with Crippen molar-refractivity contribution in [2.24, 2.45) is 0 Å². The van der Waals surface area contributed by atoms with E-state index in [4.69, 9.17) is 11.6 Å². The number of amides is 1. The Morgan fingerprint density at radius 2 is 2.05 bits per heavy atom. The molecule has 0 aliphatic heterocycles. The number of carbonyl (C=O) groups is 1. The average molecular weight is 283 g/mol. The Morgan fingerprint density at radius 1 is 1.32 bits per heavy atom. The third-order valence-electron chi connectivity index (χ3n) is 2.47. The minimum Gasteiger partial charge on any atom is -0.306 e. The fourth-order valence-corrected chi connectivity index (χ4v) is 1.68. The summed E-state index contributed by atoms with van der Waals surface area (Å²) >= 11 is 5.72. The first-order valence-electron chi connectivity index (χ1n) is 5.36. The second-order valence-corrected chi connectivity index (χ2v) is 4.30. The van der Waals surface area contributed by atoms with Crippen LogP contribution in [0.25, 0.3) is 0 Å². The molecule has 1 aromatic carbocycles. The van der Waals surface area contributed by atoms with Gasteiger partial charge in [-0.05, 0) is 30.7 Å². The molecule has 0 atom stereocenters. The van der Waals surface area contributed by atoms with E-state index in [-0.39, 0.29) is 11.4 Å². The summed E-state index contributed by atoms with van der Waals surface area (Å²) in [5.41, 5.74) is -0.452. The molecule has 98 valence electrons. The molecule has 1 N–H and O–H groups in total. The van der Waals surface area contributed by atoms with Crippen molar-refractivity contribution in [3.8, 4) is 0 Å². The van der Waals surface area contributed by atoms with Gasteiger partial charge in [-0.15, -0.1) is 0 Å². The van der Waals surface area contributed by atoms with Crippen LogP contribution in [0.5, 0.6) is 0 Å². The van der Waals surface area contributed by atoms with Crippen LogP contribution in [0, 0.1) is 18.6 Å². The molecule has 1 aromatic heterocycles. The molecule has 0 fully saturated rings. The Labute approximate surface area is 113 Å². The van der Waals surface area contributed by atoms with E-state index in [1.807, 2.05) is 0 Å². The second kappa shape index (κ2) is 5.32. The molecule has 0 spiro atoms. The first-order chi connectivity index (χ1) is 8.99. The maximum atomic E-state index is 13.7. The number of pyridine rings is 1. The van der Waals surface area contributed by atoms with Crippen LogP contribution in [-0.4, -0.2) is 10.9 Å². The molecule has 3 nitrogen and oxygen atoms in total. The molecule has 0 aliphatic carbocycles. The van der Waals surface area contributed by atoms with Crippen molar-refractivity contribution in [2.75, 3.05) is 5.32 Å². The van der Waals surface area contributed by atoms with Gasteiger partial charge < -0.3 is 5.32 Å². The predicted molar refractivity (Wildman–Crippen MR) is 68.3 cm³/mol. The van der Waals surface area contributed by atoms with Crippen LogP contribution in [0.2, 0.25) is 5.02 Å². The van der Waals surface area contributed by atoms with E-state index in [0.717, 1.165) is 6.07 Å². The smallest absolute Gasteiger partial charge is 0.262 e. The van der Waals surface area contributed by atoms with Crippen molar-refractivity contribution < 1.29 is 13.6 Å². The van der Waals surface area contributed by atoms with Crippen molar-refractivity contribution in [3.05, 3.63) is 58.2 Å².